The summed E-state index contributed by atoms with van der Waals surface area (Å²) in [6.45, 7) is 6.64. The molecule has 1 amide bonds. The van der Waals surface area contributed by atoms with Crippen LogP contribution in [0.4, 0.5) is 5.69 Å². The second-order valence-corrected chi connectivity index (χ2v) is 9.00. The number of nitrogens with one attached hydrogen (secondary N) is 1. The van der Waals surface area contributed by atoms with E-state index in [1.165, 1.54) is 11.8 Å². The molecule has 4 aromatic rings. The van der Waals surface area contributed by atoms with Crippen LogP contribution in [0.1, 0.15) is 24.7 Å². The van der Waals surface area contributed by atoms with Crippen molar-refractivity contribution in [3.63, 3.8) is 0 Å². The van der Waals surface area contributed by atoms with Crippen LogP contribution in [0.3, 0.4) is 0 Å². The molecule has 0 aliphatic carbocycles. The van der Waals surface area contributed by atoms with Crippen molar-refractivity contribution in [1.29, 1.82) is 0 Å². The van der Waals surface area contributed by atoms with Gasteiger partial charge in [0.25, 0.3) is 0 Å². The number of aryl methyl sites for hydroxylation is 1. The van der Waals surface area contributed by atoms with E-state index in [9.17, 15) is 4.79 Å². The molecule has 0 fully saturated rings. The average Bonchev–Trinajstić information content (AvgIpc) is 3.36. The summed E-state index contributed by atoms with van der Waals surface area (Å²) in [5.74, 6) is 1.33. The van der Waals surface area contributed by atoms with Crippen molar-refractivity contribution < 1.29 is 4.79 Å². The van der Waals surface area contributed by atoms with Crippen molar-refractivity contribution in [3.8, 4) is 17.1 Å². The van der Waals surface area contributed by atoms with E-state index in [1.807, 2.05) is 77.7 Å². The van der Waals surface area contributed by atoms with Crippen LogP contribution in [-0.2, 0) is 11.3 Å². The second kappa shape index (κ2) is 10.2. The molecule has 2 heterocycles. The number of amides is 1. The van der Waals surface area contributed by atoms with Gasteiger partial charge in [0.2, 0.25) is 5.91 Å². The van der Waals surface area contributed by atoms with E-state index in [-0.39, 0.29) is 5.91 Å². The molecule has 0 aliphatic heterocycles. The Morgan fingerprint density at radius 3 is 2.48 bits per heavy atom. The van der Waals surface area contributed by atoms with Crippen LogP contribution in [0.15, 0.2) is 59.8 Å². The van der Waals surface area contributed by atoms with Crippen LogP contribution < -0.4 is 5.32 Å². The summed E-state index contributed by atoms with van der Waals surface area (Å²) in [5, 5.41) is 17.8. The highest BCUT2D eigenvalue weighted by atomic mass is 35.5. The third kappa shape index (κ3) is 5.12. The minimum atomic E-state index is -0.0539. The highest BCUT2D eigenvalue weighted by molar-refractivity contribution is 7.99. The summed E-state index contributed by atoms with van der Waals surface area (Å²) in [5.41, 5.74) is 4.37. The first-order chi connectivity index (χ1) is 16.0. The molecule has 0 saturated carbocycles. The number of halogens is 1. The Bertz CT molecular complexity index is 1250. The first-order valence-electron chi connectivity index (χ1n) is 10.7. The third-order valence-corrected chi connectivity index (χ3v) is 6.47. The number of thioether (sulfide) groups is 1. The molecule has 170 valence electrons. The second-order valence-electron chi connectivity index (χ2n) is 7.50. The summed E-state index contributed by atoms with van der Waals surface area (Å²) >= 11 is 7.52. The minimum Gasteiger partial charge on any atom is -0.323 e. The molecule has 9 heteroatoms. The number of benzene rings is 2. The molecular formula is C24H25ClN6OS. The van der Waals surface area contributed by atoms with E-state index in [4.69, 9.17) is 11.6 Å². The molecule has 2 aromatic heterocycles. The standard InChI is InChI=1S/C24H25ClN6OS/c1-4-30-23(18-10-12-19(25)13-11-18)27-28-24(30)33-15-14-21(32)26-22-16(2)29-31(17(22)3)20-8-6-5-7-9-20/h5-13H,4,14-15H2,1-3H3,(H,26,32). The lowest BCUT2D eigenvalue weighted by Gasteiger charge is -2.08. The number of carbonyl (C=O) groups is 1. The zero-order valence-electron chi connectivity index (χ0n) is 18.7. The van der Waals surface area contributed by atoms with Crippen LogP contribution in [0.25, 0.3) is 17.1 Å². The van der Waals surface area contributed by atoms with E-state index in [0.29, 0.717) is 17.2 Å². The molecule has 0 unspecified atom stereocenters. The fourth-order valence-electron chi connectivity index (χ4n) is 3.57. The topological polar surface area (TPSA) is 77.6 Å². The quantitative estimate of drug-likeness (QED) is 0.335. The Balaban J connectivity index is 1.39. The summed E-state index contributed by atoms with van der Waals surface area (Å²) in [4.78, 5) is 12.6. The van der Waals surface area contributed by atoms with Gasteiger partial charge in [0.1, 0.15) is 0 Å². The number of anilines is 1. The molecule has 2 aromatic carbocycles. The van der Waals surface area contributed by atoms with Gasteiger partial charge < -0.3 is 9.88 Å². The fourth-order valence-corrected chi connectivity index (χ4v) is 4.64. The molecule has 0 spiro atoms. The van der Waals surface area contributed by atoms with Gasteiger partial charge in [-0.05, 0) is 57.2 Å². The summed E-state index contributed by atoms with van der Waals surface area (Å²) in [6, 6.07) is 17.4. The predicted octanol–water partition coefficient (Wildman–Crippen LogP) is 5.54. The molecule has 0 radical (unpaired) electrons. The monoisotopic (exact) mass is 480 g/mol. The van der Waals surface area contributed by atoms with Crippen LogP contribution in [0.5, 0.6) is 0 Å². The lowest BCUT2D eigenvalue weighted by molar-refractivity contribution is -0.115. The molecule has 33 heavy (non-hydrogen) atoms. The Kier molecular flexibility index (Phi) is 7.15. The number of carbonyl (C=O) groups excluding carboxylic acids is 1. The predicted molar refractivity (Wildman–Crippen MR) is 133 cm³/mol. The third-order valence-electron chi connectivity index (χ3n) is 5.25. The van der Waals surface area contributed by atoms with Gasteiger partial charge in [-0.25, -0.2) is 4.68 Å². The minimum absolute atomic E-state index is 0.0539. The van der Waals surface area contributed by atoms with Crippen LogP contribution in [0, 0.1) is 13.8 Å². The summed E-state index contributed by atoms with van der Waals surface area (Å²) in [7, 11) is 0. The van der Waals surface area contributed by atoms with Gasteiger partial charge >= 0.3 is 0 Å². The van der Waals surface area contributed by atoms with Crippen molar-refractivity contribution in [1.82, 2.24) is 24.5 Å². The highest BCUT2D eigenvalue weighted by Gasteiger charge is 2.17. The van der Waals surface area contributed by atoms with E-state index in [1.54, 1.807) is 0 Å². The molecule has 0 aliphatic rings. The number of para-hydroxylation sites is 1. The van der Waals surface area contributed by atoms with E-state index >= 15 is 0 Å². The maximum absolute atomic E-state index is 12.6. The first kappa shape index (κ1) is 23.1. The zero-order chi connectivity index (χ0) is 23.4. The largest absolute Gasteiger partial charge is 0.323 e. The molecule has 0 atom stereocenters. The Hall–Kier alpha value is -3.10. The number of hydrogen-bond acceptors (Lipinski definition) is 5. The number of hydrogen-bond donors (Lipinski definition) is 1. The van der Waals surface area contributed by atoms with Gasteiger partial charge in [-0.1, -0.05) is 41.6 Å². The van der Waals surface area contributed by atoms with E-state index in [2.05, 4.69) is 27.5 Å². The maximum atomic E-state index is 12.6. The Labute approximate surface area is 202 Å². The summed E-state index contributed by atoms with van der Waals surface area (Å²) in [6.07, 6.45) is 0.354. The molecule has 0 saturated heterocycles. The first-order valence-corrected chi connectivity index (χ1v) is 12.1. The molecule has 0 bridgehead atoms. The van der Waals surface area contributed by atoms with Crippen molar-refractivity contribution in [2.75, 3.05) is 11.1 Å². The van der Waals surface area contributed by atoms with Gasteiger partial charge in [-0.3, -0.25) is 4.79 Å². The zero-order valence-corrected chi connectivity index (χ0v) is 20.3. The normalized spacial score (nSPS) is 11.0. The van der Waals surface area contributed by atoms with Crippen molar-refractivity contribution in [2.24, 2.45) is 0 Å². The number of nitrogens with zero attached hydrogens (tertiary/aromatic N) is 5. The van der Waals surface area contributed by atoms with E-state index < -0.39 is 0 Å². The number of aromatic nitrogens is 5. The van der Waals surface area contributed by atoms with Crippen molar-refractivity contribution >= 4 is 35.0 Å². The Morgan fingerprint density at radius 1 is 1.06 bits per heavy atom. The lowest BCUT2D eigenvalue weighted by Crippen LogP contribution is -2.13. The SMILES string of the molecule is CCn1c(SCCC(=O)Nc2c(C)nn(-c3ccccc3)c2C)nnc1-c1ccc(Cl)cc1. The summed E-state index contributed by atoms with van der Waals surface area (Å²) < 4.78 is 3.89. The Morgan fingerprint density at radius 2 is 1.79 bits per heavy atom. The van der Waals surface area contributed by atoms with Crippen molar-refractivity contribution in [2.45, 2.75) is 38.9 Å². The van der Waals surface area contributed by atoms with Crippen LogP contribution in [0.2, 0.25) is 5.02 Å². The fraction of sp³-hybridized carbons (Fsp3) is 0.250. The van der Waals surface area contributed by atoms with Gasteiger partial charge in [0.05, 0.1) is 22.8 Å². The van der Waals surface area contributed by atoms with Crippen LogP contribution in [-0.4, -0.2) is 36.2 Å². The van der Waals surface area contributed by atoms with Gasteiger partial charge in [0.15, 0.2) is 11.0 Å². The van der Waals surface area contributed by atoms with Gasteiger partial charge in [-0.2, -0.15) is 5.10 Å². The molecule has 1 N–H and O–H groups in total. The lowest BCUT2D eigenvalue weighted by atomic mass is 10.2. The van der Waals surface area contributed by atoms with Crippen LogP contribution >= 0.6 is 23.4 Å². The van der Waals surface area contributed by atoms with Gasteiger partial charge in [-0.15, -0.1) is 10.2 Å². The maximum Gasteiger partial charge on any atom is 0.225 e. The molecule has 4 rings (SSSR count). The van der Waals surface area contributed by atoms with Gasteiger partial charge in [0, 0.05) is 29.3 Å². The van der Waals surface area contributed by atoms with Crippen molar-refractivity contribution in [3.05, 3.63) is 71.0 Å². The molecular weight excluding hydrogens is 456 g/mol. The number of rotatable bonds is 8. The van der Waals surface area contributed by atoms with E-state index in [0.717, 1.165) is 45.9 Å². The average molecular weight is 481 g/mol. The smallest absolute Gasteiger partial charge is 0.225 e. The molecule has 7 nitrogen and oxygen atoms in total. The highest BCUT2D eigenvalue weighted by Crippen LogP contribution is 2.26.